The predicted octanol–water partition coefficient (Wildman–Crippen LogP) is 3.54. The number of para-hydroxylation sites is 1. The van der Waals surface area contributed by atoms with Gasteiger partial charge < -0.3 is 4.57 Å². The fraction of sp³-hybridized carbons (Fsp3) is 0.176. The van der Waals surface area contributed by atoms with Crippen LogP contribution < -0.4 is 0 Å². The standard InChI is InChI=1S/C17H14N2O/c20-17-7-3-6-16-14(17)8-9-19(16)13-10-12-4-1-2-5-15(12)18-11-13/h1-2,4-5,8-11H,3,6-7H2. The Balaban J connectivity index is 1.89. The highest BCUT2D eigenvalue weighted by molar-refractivity contribution is 5.98. The molecule has 3 aromatic rings. The van der Waals surface area contributed by atoms with Crippen molar-refractivity contribution in [2.24, 2.45) is 0 Å². The predicted molar refractivity (Wildman–Crippen MR) is 78.3 cm³/mol. The largest absolute Gasteiger partial charge is 0.319 e. The Morgan fingerprint density at radius 3 is 2.95 bits per heavy atom. The molecular weight excluding hydrogens is 248 g/mol. The van der Waals surface area contributed by atoms with E-state index in [0.717, 1.165) is 40.7 Å². The van der Waals surface area contributed by atoms with Gasteiger partial charge in [-0.25, -0.2) is 0 Å². The zero-order chi connectivity index (χ0) is 13.5. The van der Waals surface area contributed by atoms with E-state index in [0.29, 0.717) is 6.42 Å². The van der Waals surface area contributed by atoms with Crippen LogP contribution >= 0.6 is 0 Å². The van der Waals surface area contributed by atoms with Crippen LogP contribution in [0.15, 0.2) is 48.8 Å². The maximum atomic E-state index is 11.9. The van der Waals surface area contributed by atoms with Crippen molar-refractivity contribution in [3.05, 3.63) is 60.0 Å². The van der Waals surface area contributed by atoms with Crippen molar-refractivity contribution in [2.45, 2.75) is 19.3 Å². The first-order valence-electron chi connectivity index (χ1n) is 6.91. The van der Waals surface area contributed by atoms with Gasteiger partial charge in [0.25, 0.3) is 0 Å². The number of aromatic nitrogens is 2. The van der Waals surface area contributed by atoms with Crippen molar-refractivity contribution in [1.29, 1.82) is 0 Å². The maximum Gasteiger partial charge on any atom is 0.164 e. The van der Waals surface area contributed by atoms with Crippen LogP contribution in [-0.2, 0) is 6.42 Å². The van der Waals surface area contributed by atoms with E-state index in [2.05, 4.69) is 21.7 Å². The van der Waals surface area contributed by atoms with Crippen LogP contribution in [0, 0.1) is 0 Å². The highest BCUT2D eigenvalue weighted by Gasteiger charge is 2.21. The summed E-state index contributed by atoms with van der Waals surface area (Å²) in [6, 6.07) is 12.1. The highest BCUT2D eigenvalue weighted by atomic mass is 16.1. The fourth-order valence-electron chi connectivity index (χ4n) is 2.96. The summed E-state index contributed by atoms with van der Waals surface area (Å²) in [5, 5.41) is 1.12. The third kappa shape index (κ3) is 1.67. The number of Topliss-reactive ketones (excluding diaryl/α,β-unsaturated/α-hetero) is 1. The lowest BCUT2D eigenvalue weighted by atomic mass is 9.97. The average Bonchev–Trinajstić information content (AvgIpc) is 2.92. The zero-order valence-corrected chi connectivity index (χ0v) is 11.0. The summed E-state index contributed by atoms with van der Waals surface area (Å²) >= 11 is 0. The summed E-state index contributed by atoms with van der Waals surface area (Å²) in [7, 11) is 0. The van der Waals surface area contributed by atoms with Crippen LogP contribution in [0.2, 0.25) is 0 Å². The Kier molecular flexibility index (Phi) is 2.46. The minimum Gasteiger partial charge on any atom is -0.319 e. The van der Waals surface area contributed by atoms with Gasteiger partial charge in [-0.2, -0.15) is 0 Å². The minimum absolute atomic E-state index is 0.263. The number of rotatable bonds is 1. The van der Waals surface area contributed by atoms with Crippen LogP contribution in [0.3, 0.4) is 0 Å². The van der Waals surface area contributed by atoms with Gasteiger partial charge in [-0.1, -0.05) is 18.2 Å². The van der Waals surface area contributed by atoms with Crippen LogP contribution in [-0.4, -0.2) is 15.3 Å². The summed E-state index contributed by atoms with van der Waals surface area (Å²) in [5.74, 6) is 0.263. The molecule has 0 amide bonds. The molecule has 0 bridgehead atoms. The molecule has 0 saturated heterocycles. The summed E-state index contributed by atoms with van der Waals surface area (Å²) in [4.78, 5) is 16.4. The highest BCUT2D eigenvalue weighted by Crippen LogP contribution is 2.26. The summed E-state index contributed by atoms with van der Waals surface area (Å²) < 4.78 is 2.10. The van der Waals surface area contributed by atoms with E-state index in [1.807, 2.05) is 36.7 Å². The van der Waals surface area contributed by atoms with Crippen molar-refractivity contribution < 1.29 is 4.79 Å². The second-order valence-electron chi connectivity index (χ2n) is 5.21. The van der Waals surface area contributed by atoms with Gasteiger partial charge in [0.05, 0.1) is 17.4 Å². The van der Waals surface area contributed by atoms with E-state index in [-0.39, 0.29) is 5.78 Å². The Labute approximate surface area is 116 Å². The van der Waals surface area contributed by atoms with Gasteiger partial charge >= 0.3 is 0 Å². The molecule has 0 unspecified atom stereocenters. The van der Waals surface area contributed by atoms with Gasteiger partial charge in [0, 0.05) is 29.3 Å². The summed E-state index contributed by atoms with van der Waals surface area (Å²) in [6.07, 6.45) is 6.44. The molecule has 0 N–H and O–H groups in total. The third-order valence-corrected chi connectivity index (χ3v) is 3.96. The van der Waals surface area contributed by atoms with Gasteiger partial charge in [0.2, 0.25) is 0 Å². The SMILES string of the molecule is O=C1CCCc2c1ccn2-c1cnc2ccccc2c1. The number of hydrogen-bond acceptors (Lipinski definition) is 2. The normalized spacial score (nSPS) is 14.5. The second-order valence-corrected chi connectivity index (χ2v) is 5.21. The van der Waals surface area contributed by atoms with Gasteiger partial charge in [-0.3, -0.25) is 9.78 Å². The lowest BCUT2D eigenvalue weighted by molar-refractivity contribution is 0.0972. The Bertz CT molecular complexity index is 817. The molecule has 20 heavy (non-hydrogen) atoms. The van der Waals surface area contributed by atoms with Gasteiger partial charge in [-0.05, 0) is 31.0 Å². The number of pyridine rings is 1. The molecule has 0 atom stereocenters. The van der Waals surface area contributed by atoms with Crippen LogP contribution in [0.5, 0.6) is 0 Å². The number of benzene rings is 1. The first kappa shape index (κ1) is 11.4. The lowest BCUT2D eigenvalue weighted by Gasteiger charge is -2.15. The van der Waals surface area contributed by atoms with E-state index in [1.54, 1.807) is 0 Å². The second kappa shape index (κ2) is 4.30. The minimum atomic E-state index is 0.263. The molecule has 98 valence electrons. The molecule has 3 heteroatoms. The van der Waals surface area contributed by atoms with Crippen LogP contribution in [0.25, 0.3) is 16.6 Å². The molecule has 1 aliphatic rings. The van der Waals surface area contributed by atoms with E-state index < -0.39 is 0 Å². The first-order valence-corrected chi connectivity index (χ1v) is 6.91. The number of carbonyl (C=O) groups is 1. The molecule has 3 nitrogen and oxygen atoms in total. The van der Waals surface area contributed by atoms with E-state index in [4.69, 9.17) is 0 Å². The van der Waals surface area contributed by atoms with Crippen molar-refractivity contribution in [3.8, 4) is 5.69 Å². The van der Waals surface area contributed by atoms with Crippen molar-refractivity contribution in [2.75, 3.05) is 0 Å². The van der Waals surface area contributed by atoms with Crippen molar-refractivity contribution >= 4 is 16.7 Å². The van der Waals surface area contributed by atoms with Crippen LogP contribution in [0.1, 0.15) is 28.9 Å². The molecule has 0 saturated carbocycles. The molecule has 4 rings (SSSR count). The summed E-state index contributed by atoms with van der Waals surface area (Å²) in [6.45, 7) is 0. The number of fused-ring (bicyclic) bond motifs is 2. The molecule has 0 spiro atoms. The Morgan fingerprint density at radius 1 is 1.10 bits per heavy atom. The molecular formula is C17H14N2O. The Hall–Kier alpha value is -2.42. The third-order valence-electron chi connectivity index (χ3n) is 3.96. The number of carbonyl (C=O) groups excluding carboxylic acids is 1. The maximum absolute atomic E-state index is 11.9. The van der Waals surface area contributed by atoms with Gasteiger partial charge in [0.1, 0.15) is 0 Å². The van der Waals surface area contributed by atoms with E-state index in [1.165, 1.54) is 0 Å². The molecule has 0 radical (unpaired) electrons. The average molecular weight is 262 g/mol. The van der Waals surface area contributed by atoms with Crippen molar-refractivity contribution in [1.82, 2.24) is 9.55 Å². The molecule has 0 fully saturated rings. The van der Waals surface area contributed by atoms with E-state index in [9.17, 15) is 4.79 Å². The Morgan fingerprint density at radius 2 is 2.00 bits per heavy atom. The van der Waals surface area contributed by atoms with Gasteiger partial charge in [0.15, 0.2) is 5.78 Å². The van der Waals surface area contributed by atoms with E-state index >= 15 is 0 Å². The molecule has 2 heterocycles. The van der Waals surface area contributed by atoms with Crippen molar-refractivity contribution in [3.63, 3.8) is 0 Å². The fourth-order valence-corrected chi connectivity index (χ4v) is 2.96. The number of ketones is 1. The molecule has 0 aliphatic heterocycles. The lowest BCUT2D eigenvalue weighted by Crippen LogP contribution is -2.12. The van der Waals surface area contributed by atoms with Gasteiger partial charge in [-0.15, -0.1) is 0 Å². The topological polar surface area (TPSA) is 34.9 Å². The number of hydrogen-bond donors (Lipinski definition) is 0. The monoisotopic (exact) mass is 262 g/mol. The van der Waals surface area contributed by atoms with Crippen LogP contribution in [0.4, 0.5) is 0 Å². The quantitative estimate of drug-likeness (QED) is 0.672. The molecule has 2 aromatic heterocycles. The summed E-state index contributed by atoms with van der Waals surface area (Å²) in [5.41, 5.74) is 4.02. The molecule has 1 aromatic carbocycles. The first-order chi connectivity index (χ1) is 9.83. The molecule has 1 aliphatic carbocycles. The zero-order valence-electron chi connectivity index (χ0n) is 11.0. The smallest absolute Gasteiger partial charge is 0.164 e. The number of nitrogens with zero attached hydrogens (tertiary/aromatic N) is 2.